The maximum atomic E-state index is 12.4. The van der Waals surface area contributed by atoms with Crippen LogP contribution in [0.2, 0.25) is 5.02 Å². The van der Waals surface area contributed by atoms with E-state index in [0.29, 0.717) is 21.8 Å². The Kier molecular flexibility index (Phi) is 6.10. The molecule has 0 aliphatic carbocycles. The maximum absolute atomic E-state index is 12.4. The third-order valence-corrected chi connectivity index (χ3v) is 5.45. The van der Waals surface area contributed by atoms with Crippen molar-refractivity contribution in [3.8, 4) is 11.5 Å². The van der Waals surface area contributed by atoms with Gasteiger partial charge in [-0.2, -0.15) is 0 Å². The number of hydrogen-bond acceptors (Lipinski definition) is 5. The molecule has 0 fully saturated rings. The molecule has 1 N–H and O–H groups in total. The summed E-state index contributed by atoms with van der Waals surface area (Å²) in [6.45, 7) is 8.27. The van der Waals surface area contributed by atoms with E-state index in [1.54, 1.807) is 19.1 Å². The van der Waals surface area contributed by atoms with Crippen molar-refractivity contribution < 1.29 is 9.21 Å². The molecule has 1 amide bonds. The summed E-state index contributed by atoms with van der Waals surface area (Å²) < 4.78 is 5.72. The molecular formula is C21H22ClN3O2S. The molecule has 0 aliphatic rings. The minimum atomic E-state index is -0.423. The van der Waals surface area contributed by atoms with Gasteiger partial charge in [-0.25, -0.2) is 0 Å². The van der Waals surface area contributed by atoms with Crippen molar-refractivity contribution in [2.75, 3.05) is 5.32 Å². The van der Waals surface area contributed by atoms with Crippen molar-refractivity contribution >= 4 is 35.0 Å². The van der Waals surface area contributed by atoms with Gasteiger partial charge in [0, 0.05) is 5.56 Å². The molecule has 0 unspecified atom stereocenters. The number of nitrogens with one attached hydrogen (secondary N) is 1. The monoisotopic (exact) mass is 415 g/mol. The molecule has 0 bridgehead atoms. The van der Waals surface area contributed by atoms with Crippen LogP contribution in [0.3, 0.4) is 0 Å². The first-order chi connectivity index (χ1) is 13.2. The van der Waals surface area contributed by atoms with E-state index in [4.69, 9.17) is 16.0 Å². The van der Waals surface area contributed by atoms with Crippen molar-refractivity contribution in [1.29, 1.82) is 0 Å². The second kappa shape index (κ2) is 8.37. The average molecular weight is 416 g/mol. The third kappa shape index (κ3) is 4.94. The summed E-state index contributed by atoms with van der Waals surface area (Å²) in [4.78, 5) is 12.4. The first kappa shape index (κ1) is 20.4. The summed E-state index contributed by atoms with van der Waals surface area (Å²) in [7, 11) is 0. The molecule has 3 rings (SSSR count). The quantitative estimate of drug-likeness (QED) is 0.533. The van der Waals surface area contributed by atoms with E-state index in [9.17, 15) is 4.79 Å². The lowest BCUT2D eigenvalue weighted by atomic mass is 9.87. The van der Waals surface area contributed by atoms with E-state index in [-0.39, 0.29) is 11.3 Å². The molecule has 1 aromatic heterocycles. The van der Waals surface area contributed by atoms with Crippen molar-refractivity contribution in [2.24, 2.45) is 0 Å². The summed E-state index contributed by atoms with van der Waals surface area (Å²) in [6.07, 6.45) is 0. The van der Waals surface area contributed by atoms with Crippen LogP contribution in [0.1, 0.15) is 33.3 Å². The number of benzene rings is 2. The molecule has 28 heavy (non-hydrogen) atoms. The van der Waals surface area contributed by atoms with Gasteiger partial charge in [-0.3, -0.25) is 4.79 Å². The van der Waals surface area contributed by atoms with Gasteiger partial charge in [-0.05, 0) is 42.2 Å². The highest BCUT2D eigenvalue weighted by atomic mass is 35.5. The molecule has 0 saturated heterocycles. The predicted molar refractivity (Wildman–Crippen MR) is 114 cm³/mol. The Labute approximate surface area is 173 Å². The Balaban J connectivity index is 1.65. The molecule has 0 saturated carbocycles. The number of aromatic nitrogens is 2. The fourth-order valence-corrected chi connectivity index (χ4v) is 3.35. The molecule has 0 radical (unpaired) electrons. The Morgan fingerprint density at radius 2 is 1.79 bits per heavy atom. The number of hydrogen-bond donors (Lipinski definition) is 1. The Morgan fingerprint density at radius 3 is 2.43 bits per heavy atom. The summed E-state index contributed by atoms with van der Waals surface area (Å²) >= 11 is 7.29. The number of halogens is 1. The Bertz CT molecular complexity index is 964. The van der Waals surface area contributed by atoms with E-state index in [1.807, 2.05) is 24.3 Å². The second-order valence-electron chi connectivity index (χ2n) is 7.43. The van der Waals surface area contributed by atoms with Crippen LogP contribution in [0.5, 0.6) is 0 Å². The van der Waals surface area contributed by atoms with Crippen LogP contribution in [0.4, 0.5) is 5.69 Å². The normalized spacial score (nSPS) is 12.6. The van der Waals surface area contributed by atoms with Crippen LogP contribution >= 0.6 is 23.4 Å². The highest BCUT2D eigenvalue weighted by molar-refractivity contribution is 8.00. The highest BCUT2D eigenvalue weighted by Crippen LogP contribution is 2.29. The van der Waals surface area contributed by atoms with Gasteiger partial charge in [0.05, 0.1) is 16.0 Å². The number of amides is 1. The van der Waals surface area contributed by atoms with Gasteiger partial charge in [0.2, 0.25) is 11.8 Å². The summed E-state index contributed by atoms with van der Waals surface area (Å²) in [6, 6.07) is 15.2. The van der Waals surface area contributed by atoms with Crippen molar-refractivity contribution in [2.45, 2.75) is 43.6 Å². The Morgan fingerprint density at radius 1 is 1.11 bits per heavy atom. The van der Waals surface area contributed by atoms with Crippen molar-refractivity contribution in [3.63, 3.8) is 0 Å². The third-order valence-electron chi connectivity index (χ3n) is 4.18. The lowest BCUT2D eigenvalue weighted by molar-refractivity contribution is -0.115. The Hall–Kier alpha value is -2.31. The van der Waals surface area contributed by atoms with Crippen LogP contribution in [0.15, 0.2) is 58.2 Å². The van der Waals surface area contributed by atoms with Gasteiger partial charge in [-0.1, -0.05) is 68.4 Å². The number of carbonyl (C=O) groups excluding carboxylic acids is 1. The molecule has 146 valence electrons. The first-order valence-electron chi connectivity index (χ1n) is 8.90. The number of anilines is 1. The molecule has 1 atom stereocenters. The summed E-state index contributed by atoms with van der Waals surface area (Å²) in [5.74, 6) is 0.244. The van der Waals surface area contributed by atoms with Crippen LogP contribution < -0.4 is 5.32 Å². The molecule has 2 aromatic carbocycles. The number of para-hydroxylation sites is 1. The van der Waals surface area contributed by atoms with E-state index in [1.165, 1.54) is 17.3 Å². The second-order valence-corrected chi connectivity index (χ2v) is 9.13. The lowest BCUT2D eigenvalue weighted by Crippen LogP contribution is -2.22. The average Bonchev–Trinajstić information content (AvgIpc) is 3.11. The number of nitrogens with zero attached hydrogens (tertiary/aromatic N) is 2. The highest BCUT2D eigenvalue weighted by Gasteiger charge is 2.20. The number of carbonyl (C=O) groups is 1. The fraction of sp³-hybridized carbons (Fsp3) is 0.286. The summed E-state index contributed by atoms with van der Waals surface area (Å²) in [5, 5.41) is 11.4. The molecular weight excluding hydrogens is 394 g/mol. The number of rotatable bonds is 5. The van der Waals surface area contributed by atoms with Crippen molar-refractivity contribution in [3.05, 3.63) is 59.1 Å². The van der Waals surface area contributed by atoms with E-state index >= 15 is 0 Å². The smallest absolute Gasteiger partial charge is 0.277 e. The molecule has 0 spiro atoms. The fourth-order valence-electron chi connectivity index (χ4n) is 2.49. The zero-order chi connectivity index (χ0) is 20.3. The molecule has 1 heterocycles. The minimum absolute atomic E-state index is 0.0822. The van der Waals surface area contributed by atoms with Crippen molar-refractivity contribution in [1.82, 2.24) is 10.2 Å². The number of thioether (sulfide) groups is 1. The molecule has 5 nitrogen and oxygen atoms in total. The van der Waals surface area contributed by atoms with Gasteiger partial charge < -0.3 is 9.73 Å². The largest absolute Gasteiger partial charge is 0.411 e. The first-order valence-corrected chi connectivity index (χ1v) is 10.2. The molecule has 3 aromatic rings. The van der Waals surface area contributed by atoms with Gasteiger partial charge in [0.15, 0.2) is 0 Å². The van der Waals surface area contributed by atoms with Gasteiger partial charge in [0.25, 0.3) is 5.22 Å². The van der Waals surface area contributed by atoms with Crippen LogP contribution in [0, 0.1) is 0 Å². The van der Waals surface area contributed by atoms with Gasteiger partial charge in [-0.15, -0.1) is 10.2 Å². The summed E-state index contributed by atoms with van der Waals surface area (Å²) in [5.41, 5.74) is 2.74. The van der Waals surface area contributed by atoms with Crippen LogP contribution in [0.25, 0.3) is 11.5 Å². The topological polar surface area (TPSA) is 68.0 Å². The van der Waals surface area contributed by atoms with Gasteiger partial charge >= 0.3 is 0 Å². The van der Waals surface area contributed by atoms with E-state index in [2.05, 4.69) is 48.4 Å². The predicted octanol–water partition coefficient (Wildman–Crippen LogP) is 5.81. The SMILES string of the molecule is C[C@@H](Sc1nnc(-c2ccc(C(C)(C)C)cc2)o1)C(=O)Nc1ccccc1Cl. The zero-order valence-corrected chi connectivity index (χ0v) is 17.8. The zero-order valence-electron chi connectivity index (χ0n) is 16.2. The lowest BCUT2D eigenvalue weighted by Gasteiger charge is -2.18. The van der Waals surface area contributed by atoms with Crippen LogP contribution in [-0.2, 0) is 10.2 Å². The van der Waals surface area contributed by atoms with Gasteiger partial charge in [0.1, 0.15) is 0 Å². The molecule has 7 heteroatoms. The minimum Gasteiger partial charge on any atom is -0.411 e. The molecule has 0 aliphatic heterocycles. The van der Waals surface area contributed by atoms with E-state index in [0.717, 1.165) is 5.56 Å². The maximum Gasteiger partial charge on any atom is 0.277 e. The van der Waals surface area contributed by atoms with Crippen LogP contribution in [-0.4, -0.2) is 21.4 Å². The standard InChI is InChI=1S/C21H22ClN3O2S/c1-13(18(26)23-17-8-6-5-7-16(17)22)28-20-25-24-19(27-20)14-9-11-15(12-10-14)21(2,3)4/h5-13H,1-4H3,(H,23,26)/t13-/m1/s1. The van der Waals surface area contributed by atoms with E-state index < -0.39 is 5.25 Å².